The first-order chi connectivity index (χ1) is 25.7. The van der Waals surface area contributed by atoms with E-state index >= 15 is 0 Å². The van der Waals surface area contributed by atoms with Crippen LogP contribution >= 0.6 is 0 Å². The molecule has 3 nitrogen and oxygen atoms in total. The van der Waals surface area contributed by atoms with Crippen molar-refractivity contribution in [3.05, 3.63) is 181 Å². The average Bonchev–Trinajstić information content (AvgIpc) is 3.22. The number of nitrogens with zero attached hydrogens (tertiary/aromatic N) is 2. The van der Waals surface area contributed by atoms with Crippen LogP contribution in [0.2, 0.25) is 0 Å². The monoisotopic (exact) mass is 664 g/mol. The van der Waals surface area contributed by atoms with E-state index in [2.05, 4.69) is 146 Å². The van der Waals surface area contributed by atoms with Crippen LogP contribution in [0.5, 0.6) is 0 Å². The van der Waals surface area contributed by atoms with Crippen molar-refractivity contribution in [1.29, 1.82) is 0 Å². The zero-order chi connectivity index (χ0) is 34.6. The highest BCUT2D eigenvalue weighted by Crippen LogP contribution is 2.45. The highest BCUT2D eigenvalue weighted by atomic mass is 16.3. The second-order valence-corrected chi connectivity index (χ2v) is 13.4. The molecule has 10 aromatic rings. The molecule has 0 atom stereocenters. The van der Waals surface area contributed by atoms with E-state index in [0.717, 1.165) is 49.9 Å². The van der Waals surface area contributed by atoms with Crippen LogP contribution < -0.4 is 0 Å². The fourth-order valence-electron chi connectivity index (χ4n) is 7.97. The maximum atomic E-state index is 9.98. The predicted octanol–water partition coefficient (Wildman–Crippen LogP) is 12.4. The van der Waals surface area contributed by atoms with Gasteiger partial charge in [0, 0.05) is 21.9 Å². The summed E-state index contributed by atoms with van der Waals surface area (Å²) in [5, 5.41) is 19.5. The van der Waals surface area contributed by atoms with Gasteiger partial charge < -0.3 is 5.11 Å². The van der Waals surface area contributed by atoms with E-state index < -0.39 is 0 Å². The average molecular weight is 665 g/mol. The smallest absolute Gasteiger partial charge is 0.0972 e. The van der Waals surface area contributed by atoms with Gasteiger partial charge in [0.1, 0.15) is 0 Å². The molecule has 0 bridgehead atoms. The molecular formula is C49H32N2O. The summed E-state index contributed by atoms with van der Waals surface area (Å²) in [4.78, 5) is 10.3. The first kappa shape index (κ1) is 30.2. The number of hydrogen-bond acceptors (Lipinski definition) is 3. The van der Waals surface area contributed by atoms with E-state index in [1.54, 1.807) is 0 Å². The summed E-state index contributed by atoms with van der Waals surface area (Å²) in [6.07, 6.45) is 0. The second-order valence-electron chi connectivity index (χ2n) is 13.4. The largest absolute Gasteiger partial charge is 0.392 e. The van der Waals surface area contributed by atoms with Crippen LogP contribution in [0, 0.1) is 0 Å². The highest BCUT2D eigenvalue weighted by molar-refractivity contribution is 6.23. The van der Waals surface area contributed by atoms with Gasteiger partial charge in [0.15, 0.2) is 0 Å². The molecule has 244 valence electrons. The molecule has 10 rings (SSSR count). The summed E-state index contributed by atoms with van der Waals surface area (Å²) in [6.45, 7) is -0.0379. The van der Waals surface area contributed by atoms with Crippen molar-refractivity contribution in [2.75, 3.05) is 0 Å². The maximum absolute atomic E-state index is 9.98. The highest BCUT2D eigenvalue weighted by Gasteiger charge is 2.18. The molecule has 8 aromatic carbocycles. The molecule has 0 aliphatic heterocycles. The second kappa shape index (κ2) is 12.3. The van der Waals surface area contributed by atoms with Crippen LogP contribution in [0.15, 0.2) is 176 Å². The summed E-state index contributed by atoms with van der Waals surface area (Å²) in [7, 11) is 0. The molecule has 0 unspecified atom stereocenters. The van der Waals surface area contributed by atoms with Gasteiger partial charge in [-0.25, -0.2) is 9.97 Å². The molecule has 0 spiro atoms. The maximum Gasteiger partial charge on any atom is 0.0972 e. The van der Waals surface area contributed by atoms with Gasteiger partial charge in [-0.1, -0.05) is 164 Å². The summed E-state index contributed by atoms with van der Waals surface area (Å²) in [6, 6.07) is 62.2. The fraction of sp³-hybridized carbons (Fsp3) is 0.0204. The van der Waals surface area contributed by atoms with Crippen molar-refractivity contribution in [2.45, 2.75) is 6.61 Å². The number of aliphatic hydroxyl groups excluding tert-OH is 1. The van der Waals surface area contributed by atoms with Crippen molar-refractivity contribution in [3.8, 4) is 44.8 Å². The van der Waals surface area contributed by atoms with Crippen molar-refractivity contribution in [2.24, 2.45) is 0 Å². The molecule has 1 N–H and O–H groups in total. The summed E-state index contributed by atoms with van der Waals surface area (Å²) in [5.74, 6) is 0. The molecule has 0 fully saturated rings. The Labute approximate surface area is 301 Å². The van der Waals surface area contributed by atoms with Gasteiger partial charge in [-0.3, -0.25) is 0 Å². The number of fused-ring (bicyclic) bond motifs is 6. The standard InChI is InChI=1S/C49H32N2O/c52-30-36-11-2-4-14-38(36)45-29-27-35-25-24-34-26-28-44(50-48(34)49(35)51-45)32-20-22-33(23-21-32)46-40-15-5-7-17-42(40)47(43-18-8-6-16-41(43)46)39-19-9-12-31-10-1-3-13-37(31)39/h1-29,52H,30H2. The van der Waals surface area contributed by atoms with E-state index in [0.29, 0.717) is 0 Å². The quantitative estimate of drug-likeness (QED) is 0.147. The van der Waals surface area contributed by atoms with Crippen LogP contribution in [0.4, 0.5) is 0 Å². The molecule has 2 heterocycles. The number of benzene rings is 8. The third-order valence-corrected chi connectivity index (χ3v) is 10.4. The number of aliphatic hydroxyl groups is 1. The minimum atomic E-state index is -0.0379. The lowest BCUT2D eigenvalue weighted by Crippen LogP contribution is -1.94. The Bertz CT molecular complexity index is 2940. The lowest BCUT2D eigenvalue weighted by molar-refractivity contribution is 0.282. The van der Waals surface area contributed by atoms with Crippen molar-refractivity contribution in [3.63, 3.8) is 0 Å². The Hall–Kier alpha value is -6.68. The zero-order valence-corrected chi connectivity index (χ0v) is 28.3. The van der Waals surface area contributed by atoms with Crippen molar-refractivity contribution >= 4 is 54.1 Å². The van der Waals surface area contributed by atoms with Gasteiger partial charge >= 0.3 is 0 Å². The predicted molar refractivity (Wildman–Crippen MR) is 217 cm³/mol. The van der Waals surface area contributed by atoms with Gasteiger partial charge in [0.05, 0.1) is 29.0 Å². The van der Waals surface area contributed by atoms with Crippen molar-refractivity contribution < 1.29 is 5.11 Å². The Kier molecular flexibility index (Phi) is 7.12. The topological polar surface area (TPSA) is 46.0 Å². The minimum Gasteiger partial charge on any atom is -0.392 e. The lowest BCUT2D eigenvalue weighted by atomic mass is 9.84. The van der Waals surface area contributed by atoms with Crippen molar-refractivity contribution in [1.82, 2.24) is 9.97 Å². The normalized spacial score (nSPS) is 11.6. The van der Waals surface area contributed by atoms with E-state index in [9.17, 15) is 5.11 Å². The van der Waals surface area contributed by atoms with Gasteiger partial charge in [-0.2, -0.15) is 0 Å². The van der Waals surface area contributed by atoms with E-state index in [1.165, 1.54) is 54.6 Å². The zero-order valence-electron chi connectivity index (χ0n) is 28.3. The van der Waals surface area contributed by atoms with Crippen LogP contribution in [-0.4, -0.2) is 15.1 Å². The van der Waals surface area contributed by atoms with E-state index in [4.69, 9.17) is 9.97 Å². The number of hydrogen-bond donors (Lipinski definition) is 1. The van der Waals surface area contributed by atoms with Crippen LogP contribution in [0.3, 0.4) is 0 Å². The molecule has 0 saturated carbocycles. The first-order valence-electron chi connectivity index (χ1n) is 17.7. The van der Waals surface area contributed by atoms with Gasteiger partial charge in [0.25, 0.3) is 0 Å². The summed E-state index contributed by atoms with van der Waals surface area (Å²) in [5.41, 5.74) is 11.2. The third-order valence-electron chi connectivity index (χ3n) is 10.4. The first-order valence-corrected chi connectivity index (χ1v) is 17.7. The number of rotatable bonds is 5. The fourth-order valence-corrected chi connectivity index (χ4v) is 7.97. The third kappa shape index (κ3) is 4.86. The van der Waals surface area contributed by atoms with Gasteiger partial charge in [-0.05, 0) is 72.3 Å². The lowest BCUT2D eigenvalue weighted by Gasteiger charge is -2.19. The minimum absolute atomic E-state index is 0.0379. The Balaban J connectivity index is 1.11. The molecular weight excluding hydrogens is 633 g/mol. The molecule has 0 aliphatic rings. The Morgan fingerprint density at radius 2 is 0.827 bits per heavy atom. The van der Waals surface area contributed by atoms with Crippen LogP contribution in [0.25, 0.3) is 98.9 Å². The molecule has 3 heteroatoms. The summed E-state index contributed by atoms with van der Waals surface area (Å²) < 4.78 is 0. The van der Waals surface area contributed by atoms with Crippen LogP contribution in [0.1, 0.15) is 5.56 Å². The summed E-state index contributed by atoms with van der Waals surface area (Å²) >= 11 is 0. The number of pyridine rings is 2. The van der Waals surface area contributed by atoms with Gasteiger partial charge in [-0.15, -0.1) is 0 Å². The van der Waals surface area contributed by atoms with E-state index in [1.807, 2.05) is 30.3 Å². The SMILES string of the molecule is OCc1ccccc1-c1ccc2ccc3ccc(-c4ccc(-c5c6ccccc6c(-c6cccc7ccccc67)c6ccccc56)cc4)nc3c2n1. The molecule has 0 saturated heterocycles. The van der Waals surface area contributed by atoms with Gasteiger partial charge in [0.2, 0.25) is 0 Å². The molecule has 2 aromatic heterocycles. The molecule has 0 radical (unpaired) electrons. The number of aromatic nitrogens is 2. The molecule has 0 aliphatic carbocycles. The Morgan fingerprint density at radius 1 is 0.346 bits per heavy atom. The molecule has 0 amide bonds. The molecule has 52 heavy (non-hydrogen) atoms. The van der Waals surface area contributed by atoms with E-state index in [-0.39, 0.29) is 6.61 Å². The Morgan fingerprint density at radius 3 is 1.50 bits per heavy atom. The van der Waals surface area contributed by atoms with Crippen LogP contribution in [-0.2, 0) is 6.61 Å².